The number of hydrogen-bond donors (Lipinski definition) is 1. The summed E-state index contributed by atoms with van der Waals surface area (Å²) in [6, 6.07) is 6.31. The molecule has 0 aromatic carbocycles. The number of nitrogens with zero attached hydrogens (tertiary/aromatic N) is 3. The average molecular weight is 282 g/mol. The van der Waals surface area contributed by atoms with Gasteiger partial charge in [-0.25, -0.2) is 9.97 Å². The molecule has 1 aliphatic rings. The number of pyridine rings is 1. The molecule has 0 unspecified atom stereocenters. The van der Waals surface area contributed by atoms with Crippen molar-refractivity contribution in [2.24, 2.45) is 10.8 Å². The Bertz CT molecular complexity index is 648. The van der Waals surface area contributed by atoms with Crippen molar-refractivity contribution in [1.82, 2.24) is 15.0 Å². The van der Waals surface area contributed by atoms with Crippen LogP contribution in [0.1, 0.15) is 33.4 Å². The number of rotatable bonds is 3. The Morgan fingerprint density at radius 1 is 1.00 bits per heavy atom. The quantitative estimate of drug-likeness (QED) is 0.932. The molecule has 0 amide bonds. The third kappa shape index (κ3) is 2.28. The van der Waals surface area contributed by atoms with Gasteiger partial charge in [0.1, 0.15) is 5.82 Å². The highest BCUT2D eigenvalue weighted by atomic mass is 15.1. The molecule has 21 heavy (non-hydrogen) atoms. The summed E-state index contributed by atoms with van der Waals surface area (Å²) in [5.74, 6) is 1.65. The minimum absolute atomic E-state index is 0.280. The van der Waals surface area contributed by atoms with Crippen molar-refractivity contribution >= 4 is 5.82 Å². The van der Waals surface area contributed by atoms with Gasteiger partial charge in [0.05, 0.1) is 0 Å². The predicted molar refractivity (Wildman–Crippen MR) is 85.0 cm³/mol. The molecule has 0 spiro atoms. The molecule has 1 fully saturated rings. The lowest BCUT2D eigenvalue weighted by molar-refractivity contribution is 0.457. The van der Waals surface area contributed by atoms with E-state index in [1.165, 1.54) is 0 Å². The van der Waals surface area contributed by atoms with Crippen molar-refractivity contribution in [1.29, 1.82) is 0 Å². The van der Waals surface area contributed by atoms with Crippen LogP contribution in [0.5, 0.6) is 0 Å². The molecule has 2 aromatic heterocycles. The van der Waals surface area contributed by atoms with E-state index in [0.29, 0.717) is 6.04 Å². The van der Waals surface area contributed by atoms with E-state index in [1.807, 2.05) is 25.1 Å². The number of hydrogen-bond acceptors (Lipinski definition) is 4. The maximum absolute atomic E-state index is 4.67. The van der Waals surface area contributed by atoms with Crippen LogP contribution in [0.2, 0.25) is 0 Å². The van der Waals surface area contributed by atoms with Gasteiger partial charge in [-0.3, -0.25) is 4.98 Å². The minimum Gasteiger partial charge on any atom is -0.366 e. The van der Waals surface area contributed by atoms with E-state index < -0.39 is 0 Å². The Morgan fingerprint density at radius 2 is 1.62 bits per heavy atom. The zero-order valence-corrected chi connectivity index (χ0v) is 13.3. The molecule has 2 heterocycles. The van der Waals surface area contributed by atoms with Crippen LogP contribution in [-0.4, -0.2) is 21.0 Å². The van der Waals surface area contributed by atoms with Crippen LogP contribution < -0.4 is 5.32 Å². The first-order valence-corrected chi connectivity index (χ1v) is 7.35. The summed E-state index contributed by atoms with van der Waals surface area (Å²) in [4.78, 5) is 13.2. The standard InChI is InChI=1S/C17H22N4/c1-11-10-13(21-15-16(2,3)17(15,4)5)20-14(19-11)12-6-8-18-9-7-12/h6-10,15H,1-5H3,(H,19,20,21). The third-order valence-electron chi connectivity index (χ3n) is 5.11. The molecule has 1 N–H and O–H groups in total. The van der Waals surface area contributed by atoms with Crippen LogP contribution in [0, 0.1) is 17.8 Å². The lowest BCUT2D eigenvalue weighted by atomic mass is 10.0. The first-order valence-electron chi connectivity index (χ1n) is 7.35. The number of aryl methyl sites for hydroxylation is 1. The molecule has 0 atom stereocenters. The van der Waals surface area contributed by atoms with Crippen molar-refractivity contribution in [3.8, 4) is 11.4 Å². The van der Waals surface area contributed by atoms with Gasteiger partial charge in [0.25, 0.3) is 0 Å². The highest BCUT2D eigenvalue weighted by Crippen LogP contribution is 2.63. The summed E-state index contributed by atoms with van der Waals surface area (Å²) in [5.41, 5.74) is 2.52. The third-order valence-corrected chi connectivity index (χ3v) is 5.11. The van der Waals surface area contributed by atoms with Crippen LogP contribution in [0.3, 0.4) is 0 Å². The Balaban J connectivity index is 1.90. The number of aromatic nitrogens is 3. The van der Waals surface area contributed by atoms with Crippen LogP contribution in [0.25, 0.3) is 11.4 Å². The molecule has 2 aromatic rings. The molecule has 1 aliphatic carbocycles. The second-order valence-electron chi connectivity index (χ2n) is 6.97. The first kappa shape index (κ1) is 14.0. The van der Waals surface area contributed by atoms with Crippen LogP contribution in [-0.2, 0) is 0 Å². The van der Waals surface area contributed by atoms with E-state index in [9.17, 15) is 0 Å². The van der Waals surface area contributed by atoms with Crippen molar-refractivity contribution in [3.05, 3.63) is 36.3 Å². The molecule has 4 nitrogen and oxygen atoms in total. The topological polar surface area (TPSA) is 50.7 Å². The largest absolute Gasteiger partial charge is 0.366 e. The lowest BCUT2D eigenvalue weighted by Gasteiger charge is -2.10. The van der Waals surface area contributed by atoms with E-state index in [2.05, 4.69) is 48.0 Å². The Hall–Kier alpha value is -1.97. The first-order chi connectivity index (χ1) is 9.82. The molecule has 0 saturated heterocycles. The summed E-state index contributed by atoms with van der Waals surface area (Å²) in [6.45, 7) is 11.2. The van der Waals surface area contributed by atoms with Gasteiger partial charge in [-0.15, -0.1) is 0 Å². The van der Waals surface area contributed by atoms with E-state index >= 15 is 0 Å². The molecular formula is C17H22N4. The molecule has 0 radical (unpaired) electrons. The van der Waals surface area contributed by atoms with Crippen molar-refractivity contribution in [2.75, 3.05) is 5.32 Å². The maximum Gasteiger partial charge on any atom is 0.161 e. The molecule has 110 valence electrons. The number of anilines is 1. The van der Waals surface area contributed by atoms with Gasteiger partial charge in [-0.1, -0.05) is 27.7 Å². The maximum atomic E-state index is 4.67. The predicted octanol–water partition coefficient (Wildman–Crippen LogP) is 3.69. The summed E-state index contributed by atoms with van der Waals surface area (Å²) >= 11 is 0. The van der Waals surface area contributed by atoms with E-state index in [1.54, 1.807) is 12.4 Å². The Labute approximate surface area is 126 Å². The number of nitrogens with one attached hydrogen (secondary N) is 1. The summed E-state index contributed by atoms with van der Waals surface area (Å²) in [5, 5.41) is 3.58. The SMILES string of the molecule is Cc1cc(NC2C(C)(C)C2(C)C)nc(-c2ccncc2)n1. The second-order valence-corrected chi connectivity index (χ2v) is 6.97. The molecule has 0 aliphatic heterocycles. The molecule has 3 rings (SSSR count). The van der Waals surface area contributed by atoms with Crippen molar-refractivity contribution < 1.29 is 0 Å². The monoisotopic (exact) mass is 282 g/mol. The lowest BCUT2D eigenvalue weighted by Crippen LogP contribution is -2.12. The van der Waals surface area contributed by atoms with Gasteiger partial charge in [0, 0.05) is 35.8 Å². The van der Waals surface area contributed by atoms with Crippen LogP contribution in [0.4, 0.5) is 5.82 Å². The molecular weight excluding hydrogens is 260 g/mol. The van der Waals surface area contributed by atoms with E-state index in [0.717, 1.165) is 22.9 Å². The fraction of sp³-hybridized carbons (Fsp3) is 0.471. The van der Waals surface area contributed by atoms with Gasteiger partial charge < -0.3 is 5.32 Å². The molecule has 0 bridgehead atoms. The van der Waals surface area contributed by atoms with E-state index in [-0.39, 0.29) is 10.8 Å². The summed E-state index contributed by atoms with van der Waals surface area (Å²) < 4.78 is 0. The summed E-state index contributed by atoms with van der Waals surface area (Å²) in [6.07, 6.45) is 3.53. The Kier molecular flexibility index (Phi) is 3.01. The van der Waals surface area contributed by atoms with E-state index in [4.69, 9.17) is 0 Å². The highest BCUT2D eigenvalue weighted by Gasteiger charge is 2.65. The van der Waals surface area contributed by atoms with Crippen molar-refractivity contribution in [2.45, 2.75) is 40.7 Å². The van der Waals surface area contributed by atoms with Crippen LogP contribution in [0.15, 0.2) is 30.6 Å². The molecule has 1 saturated carbocycles. The fourth-order valence-corrected chi connectivity index (χ4v) is 2.98. The van der Waals surface area contributed by atoms with Gasteiger partial charge in [-0.2, -0.15) is 0 Å². The normalized spacial score (nSPS) is 19.3. The summed E-state index contributed by atoms with van der Waals surface area (Å²) in [7, 11) is 0. The van der Waals surface area contributed by atoms with Gasteiger partial charge in [0.15, 0.2) is 5.82 Å². The highest BCUT2D eigenvalue weighted by molar-refractivity contribution is 5.57. The van der Waals surface area contributed by atoms with Gasteiger partial charge in [-0.05, 0) is 29.9 Å². The van der Waals surface area contributed by atoms with Crippen molar-refractivity contribution in [3.63, 3.8) is 0 Å². The minimum atomic E-state index is 0.280. The second kappa shape index (κ2) is 4.52. The average Bonchev–Trinajstić information content (AvgIpc) is 2.82. The Morgan fingerprint density at radius 3 is 2.19 bits per heavy atom. The van der Waals surface area contributed by atoms with Gasteiger partial charge >= 0.3 is 0 Å². The zero-order valence-electron chi connectivity index (χ0n) is 13.3. The van der Waals surface area contributed by atoms with Crippen LogP contribution >= 0.6 is 0 Å². The smallest absolute Gasteiger partial charge is 0.161 e. The zero-order chi connectivity index (χ0) is 15.3. The fourth-order valence-electron chi connectivity index (χ4n) is 2.98. The molecule has 4 heteroatoms. The van der Waals surface area contributed by atoms with Gasteiger partial charge in [0.2, 0.25) is 0 Å².